The van der Waals surface area contributed by atoms with E-state index in [1.165, 1.54) is 6.33 Å². The summed E-state index contributed by atoms with van der Waals surface area (Å²) in [5, 5.41) is 4.19. The first-order chi connectivity index (χ1) is 9.24. The first-order valence-electron chi connectivity index (χ1n) is 5.76. The summed E-state index contributed by atoms with van der Waals surface area (Å²) < 4.78 is 0.977. The van der Waals surface area contributed by atoms with Gasteiger partial charge in [-0.1, -0.05) is 12.1 Å². The number of nitrogens with two attached hydrogens (primary N) is 1. The van der Waals surface area contributed by atoms with Gasteiger partial charge in [-0.05, 0) is 46.3 Å². The Morgan fingerprint density at radius 2 is 1.89 bits per heavy atom. The van der Waals surface area contributed by atoms with Gasteiger partial charge < -0.3 is 11.1 Å². The second-order valence-electron chi connectivity index (χ2n) is 4.10. The van der Waals surface area contributed by atoms with Crippen LogP contribution >= 0.6 is 15.9 Å². The van der Waals surface area contributed by atoms with Gasteiger partial charge in [-0.3, -0.25) is 0 Å². The van der Waals surface area contributed by atoms with Gasteiger partial charge in [0.2, 0.25) is 0 Å². The number of fused-ring (bicyclic) bond motifs is 1. The minimum atomic E-state index is 0.692. The molecule has 1 heterocycles. The van der Waals surface area contributed by atoms with Gasteiger partial charge in [-0.15, -0.1) is 0 Å². The van der Waals surface area contributed by atoms with Crippen molar-refractivity contribution in [1.29, 1.82) is 0 Å². The van der Waals surface area contributed by atoms with Crippen molar-refractivity contribution in [2.24, 2.45) is 0 Å². The summed E-state index contributed by atoms with van der Waals surface area (Å²) in [6.07, 6.45) is 1.54. The Kier molecular flexibility index (Phi) is 3.05. The molecule has 0 unspecified atom stereocenters. The van der Waals surface area contributed by atoms with E-state index in [9.17, 15) is 0 Å². The number of aromatic nitrogens is 2. The SMILES string of the molecule is Nc1ccc2ncnc(Nc3ccccc3Br)c2c1. The molecule has 3 N–H and O–H groups in total. The molecule has 0 saturated carbocycles. The molecule has 0 spiro atoms. The molecule has 19 heavy (non-hydrogen) atoms. The summed E-state index contributed by atoms with van der Waals surface area (Å²) in [4.78, 5) is 8.51. The molecule has 5 heteroatoms. The van der Waals surface area contributed by atoms with Crippen LogP contribution in [0.2, 0.25) is 0 Å². The molecule has 0 radical (unpaired) electrons. The van der Waals surface area contributed by atoms with E-state index in [-0.39, 0.29) is 0 Å². The first-order valence-corrected chi connectivity index (χ1v) is 6.55. The average molecular weight is 315 g/mol. The van der Waals surface area contributed by atoms with Crippen LogP contribution in [-0.4, -0.2) is 9.97 Å². The van der Waals surface area contributed by atoms with Crippen molar-refractivity contribution in [2.75, 3.05) is 11.1 Å². The molecule has 0 saturated heterocycles. The van der Waals surface area contributed by atoms with Gasteiger partial charge >= 0.3 is 0 Å². The van der Waals surface area contributed by atoms with E-state index in [2.05, 4.69) is 31.2 Å². The number of nitrogen functional groups attached to an aromatic ring is 1. The van der Waals surface area contributed by atoms with Gasteiger partial charge in [0, 0.05) is 15.5 Å². The molecular formula is C14H11BrN4. The van der Waals surface area contributed by atoms with Crippen LogP contribution in [0.4, 0.5) is 17.2 Å². The van der Waals surface area contributed by atoms with E-state index in [0.717, 1.165) is 26.9 Å². The summed E-state index contributed by atoms with van der Waals surface area (Å²) in [6, 6.07) is 13.5. The van der Waals surface area contributed by atoms with Crippen LogP contribution in [0.1, 0.15) is 0 Å². The molecular weight excluding hydrogens is 304 g/mol. The fourth-order valence-electron chi connectivity index (χ4n) is 1.86. The summed E-state index contributed by atoms with van der Waals surface area (Å²) in [5.74, 6) is 0.740. The van der Waals surface area contributed by atoms with Gasteiger partial charge in [0.05, 0.1) is 11.2 Å². The van der Waals surface area contributed by atoms with Crippen LogP contribution in [0.5, 0.6) is 0 Å². The monoisotopic (exact) mass is 314 g/mol. The predicted octanol–water partition coefficient (Wildman–Crippen LogP) is 3.72. The number of benzene rings is 2. The summed E-state index contributed by atoms with van der Waals surface area (Å²) >= 11 is 3.50. The Bertz CT molecular complexity index is 742. The maximum absolute atomic E-state index is 5.82. The topological polar surface area (TPSA) is 63.8 Å². The van der Waals surface area contributed by atoms with E-state index in [0.29, 0.717) is 5.69 Å². The molecule has 0 aliphatic rings. The maximum Gasteiger partial charge on any atom is 0.141 e. The van der Waals surface area contributed by atoms with Crippen LogP contribution in [-0.2, 0) is 0 Å². The van der Waals surface area contributed by atoms with Crippen molar-refractivity contribution in [3.8, 4) is 0 Å². The van der Waals surface area contributed by atoms with Gasteiger partial charge in [0.25, 0.3) is 0 Å². The van der Waals surface area contributed by atoms with Crippen LogP contribution in [0.3, 0.4) is 0 Å². The van der Waals surface area contributed by atoms with Crippen molar-refractivity contribution in [3.05, 3.63) is 53.3 Å². The zero-order valence-corrected chi connectivity index (χ0v) is 11.6. The maximum atomic E-state index is 5.82. The molecule has 0 aliphatic carbocycles. The highest BCUT2D eigenvalue weighted by Crippen LogP contribution is 2.28. The number of rotatable bonds is 2. The van der Waals surface area contributed by atoms with Crippen molar-refractivity contribution in [2.45, 2.75) is 0 Å². The largest absolute Gasteiger partial charge is 0.399 e. The van der Waals surface area contributed by atoms with E-state index < -0.39 is 0 Å². The molecule has 3 rings (SSSR count). The summed E-state index contributed by atoms with van der Waals surface area (Å²) in [5.41, 5.74) is 8.32. The van der Waals surface area contributed by atoms with E-state index in [1.807, 2.05) is 42.5 Å². The van der Waals surface area contributed by atoms with Crippen molar-refractivity contribution < 1.29 is 0 Å². The molecule has 1 aromatic heterocycles. The van der Waals surface area contributed by atoms with Crippen molar-refractivity contribution in [3.63, 3.8) is 0 Å². The molecule has 3 aromatic rings. The standard InChI is InChI=1S/C14H11BrN4/c15-11-3-1-2-4-13(11)19-14-10-7-9(16)5-6-12(10)17-8-18-14/h1-8H,16H2,(H,17,18,19). The minimum absolute atomic E-state index is 0.692. The number of anilines is 3. The van der Waals surface area contributed by atoms with Crippen LogP contribution in [0.15, 0.2) is 53.3 Å². The van der Waals surface area contributed by atoms with E-state index in [1.54, 1.807) is 0 Å². The Morgan fingerprint density at radius 1 is 1.05 bits per heavy atom. The van der Waals surface area contributed by atoms with E-state index in [4.69, 9.17) is 5.73 Å². The highest BCUT2D eigenvalue weighted by atomic mass is 79.9. The minimum Gasteiger partial charge on any atom is -0.399 e. The van der Waals surface area contributed by atoms with Crippen LogP contribution < -0.4 is 11.1 Å². The molecule has 4 nitrogen and oxygen atoms in total. The van der Waals surface area contributed by atoms with Gasteiger partial charge in [0.1, 0.15) is 12.1 Å². The van der Waals surface area contributed by atoms with Gasteiger partial charge in [0.15, 0.2) is 0 Å². The second-order valence-corrected chi connectivity index (χ2v) is 4.96. The van der Waals surface area contributed by atoms with Crippen molar-refractivity contribution in [1.82, 2.24) is 9.97 Å². The summed E-state index contributed by atoms with van der Waals surface area (Å²) in [7, 11) is 0. The number of para-hydroxylation sites is 1. The second kappa shape index (κ2) is 4.85. The van der Waals surface area contributed by atoms with Crippen molar-refractivity contribution >= 4 is 44.0 Å². The molecule has 0 bridgehead atoms. The Morgan fingerprint density at radius 3 is 2.74 bits per heavy atom. The lowest BCUT2D eigenvalue weighted by molar-refractivity contribution is 1.22. The number of hydrogen-bond donors (Lipinski definition) is 2. The number of halogens is 1. The first kappa shape index (κ1) is 11.9. The van der Waals surface area contributed by atoms with E-state index >= 15 is 0 Å². The highest BCUT2D eigenvalue weighted by Gasteiger charge is 2.06. The quantitative estimate of drug-likeness (QED) is 0.708. The molecule has 0 atom stereocenters. The number of hydrogen-bond acceptors (Lipinski definition) is 4. The predicted molar refractivity (Wildman–Crippen MR) is 81.4 cm³/mol. The zero-order valence-electron chi connectivity index (χ0n) is 9.97. The molecule has 0 fully saturated rings. The smallest absolute Gasteiger partial charge is 0.141 e. The molecule has 94 valence electrons. The lowest BCUT2D eigenvalue weighted by Crippen LogP contribution is -1.97. The third-order valence-electron chi connectivity index (χ3n) is 2.79. The van der Waals surface area contributed by atoms with Gasteiger partial charge in [-0.2, -0.15) is 0 Å². The van der Waals surface area contributed by atoms with Crippen LogP contribution in [0.25, 0.3) is 10.9 Å². The number of nitrogens with one attached hydrogen (secondary N) is 1. The highest BCUT2D eigenvalue weighted by molar-refractivity contribution is 9.10. The normalized spacial score (nSPS) is 10.6. The molecule has 2 aromatic carbocycles. The fraction of sp³-hybridized carbons (Fsp3) is 0. The summed E-state index contributed by atoms with van der Waals surface area (Å²) in [6.45, 7) is 0. The Balaban J connectivity index is 2.10. The average Bonchev–Trinajstić information content (AvgIpc) is 2.42. The lowest BCUT2D eigenvalue weighted by Gasteiger charge is -2.10. The Hall–Kier alpha value is -2.14. The Labute approximate surface area is 118 Å². The van der Waals surface area contributed by atoms with Gasteiger partial charge in [-0.25, -0.2) is 9.97 Å². The molecule has 0 aliphatic heterocycles. The fourth-order valence-corrected chi connectivity index (χ4v) is 2.25. The lowest BCUT2D eigenvalue weighted by atomic mass is 10.2. The number of nitrogens with zero attached hydrogens (tertiary/aromatic N) is 2. The third-order valence-corrected chi connectivity index (χ3v) is 3.48. The van der Waals surface area contributed by atoms with Crippen LogP contribution in [0, 0.1) is 0 Å². The molecule has 0 amide bonds. The third kappa shape index (κ3) is 2.37. The zero-order chi connectivity index (χ0) is 13.2.